The summed E-state index contributed by atoms with van der Waals surface area (Å²) in [6, 6.07) is 19.7. The molecule has 2 saturated heterocycles. The molecule has 3 fully saturated rings. The number of hydrogen-bond acceptors (Lipinski definition) is 6. The Morgan fingerprint density at radius 3 is 2.29 bits per heavy atom. The zero-order valence-corrected chi connectivity index (χ0v) is 28.4. The van der Waals surface area contributed by atoms with Crippen LogP contribution in [0.4, 0.5) is 13.2 Å². The highest BCUT2D eigenvalue weighted by Gasteiger charge is 2.46. The minimum atomic E-state index is -4.57. The maximum absolute atomic E-state index is 14.7. The highest BCUT2D eigenvalue weighted by molar-refractivity contribution is 7.90. The summed E-state index contributed by atoms with van der Waals surface area (Å²) >= 11 is 0. The number of halogens is 3. The number of amides is 1. The number of piperidine rings is 2. The molecule has 0 unspecified atom stereocenters. The van der Waals surface area contributed by atoms with Gasteiger partial charge in [-0.05, 0) is 101 Å². The Balaban J connectivity index is 1.36. The molecule has 1 amide bonds. The van der Waals surface area contributed by atoms with Crippen molar-refractivity contribution in [2.45, 2.75) is 74.1 Å². The van der Waals surface area contributed by atoms with E-state index in [-0.39, 0.29) is 22.6 Å². The Bertz CT molecular complexity index is 1970. The van der Waals surface area contributed by atoms with Crippen LogP contribution in [0.5, 0.6) is 0 Å². The third kappa shape index (κ3) is 7.11. The zero-order valence-electron chi connectivity index (χ0n) is 27.6. The van der Waals surface area contributed by atoms with Gasteiger partial charge in [-0.3, -0.25) is 9.69 Å². The second-order valence-corrected chi connectivity index (χ2v) is 15.9. The van der Waals surface area contributed by atoms with Gasteiger partial charge in [0.05, 0.1) is 32.8 Å². The van der Waals surface area contributed by atoms with Crippen molar-refractivity contribution in [3.8, 4) is 11.3 Å². The van der Waals surface area contributed by atoms with Crippen LogP contribution >= 0.6 is 0 Å². The van der Waals surface area contributed by atoms with E-state index in [4.69, 9.17) is 4.98 Å². The zero-order chi connectivity index (χ0) is 34.4. The van der Waals surface area contributed by atoms with Crippen molar-refractivity contribution in [3.63, 3.8) is 0 Å². The second kappa shape index (κ2) is 13.2. The number of nitrogens with zero attached hydrogens (tertiary/aromatic N) is 3. The lowest BCUT2D eigenvalue weighted by Crippen LogP contribution is -2.46. The number of fused-ring (bicyclic) bond motifs is 1. The van der Waals surface area contributed by atoms with Crippen LogP contribution < -0.4 is 5.32 Å². The molecule has 4 aromatic rings. The predicted molar refractivity (Wildman–Crippen MR) is 184 cm³/mol. The van der Waals surface area contributed by atoms with Crippen LogP contribution in [0.2, 0.25) is 0 Å². The van der Waals surface area contributed by atoms with E-state index in [1.165, 1.54) is 43.5 Å². The first-order valence-corrected chi connectivity index (χ1v) is 19.0. The van der Waals surface area contributed by atoms with Gasteiger partial charge in [-0.15, -0.1) is 0 Å². The quantitative estimate of drug-likeness (QED) is 0.211. The van der Waals surface area contributed by atoms with E-state index in [0.717, 1.165) is 75.8 Å². The molecular weight excluding hydrogens is 650 g/mol. The normalized spacial score (nSPS) is 19.2. The predicted octanol–water partition coefficient (Wildman–Crippen LogP) is 7.19. The highest BCUT2D eigenvalue weighted by Crippen LogP contribution is 2.46. The van der Waals surface area contributed by atoms with Gasteiger partial charge in [0.1, 0.15) is 0 Å². The number of likely N-dealkylation sites (tertiary alicyclic amines) is 2. The molecule has 11 heteroatoms. The topological polar surface area (TPSA) is 82.6 Å². The van der Waals surface area contributed by atoms with E-state index in [0.29, 0.717) is 28.2 Å². The monoisotopic (exact) mass is 690 g/mol. The van der Waals surface area contributed by atoms with Crippen molar-refractivity contribution in [2.75, 3.05) is 32.4 Å². The number of carbonyl (C=O) groups is 1. The number of sulfone groups is 1. The maximum Gasteiger partial charge on any atom is 0.416 e. The average molecular weight is 691 g/mol. The molecule has 1 saturated carbocycles. The summed E-state index contributed by atoms with van der Waals surface area (Å²) in [5, 5.41) is 3.63. The van der Waals surface area contributed by atoms with Crippen molar-refractivity contribution in [2.24, 2.45) is 0 Å². The van der Waals surface area contributed by atoms with Gasteiger partial charge in [0.25, 0.3) is 5.91 Å². The van der Waals surface area contributed by atoms with Crippen LogP contribution in [0.15, 0.2) is 77.7 Å². The van der Waals surface area contributed by atoms with Gasteiger partial charge in [0, 0.05) is 35.4 Å². The Kier molecular flexibility index (Phi) is 9.04. The van der Waals surface area contributed by atoms with Crippen LogP contribution in [-0.2, 0) is 28.1 Å². The van der Waals surface area contributed by atoms with Gasteiger partial charge >= 0.3 is 6.18 Å². The van der Waals surface area contributed by atoms with Crippen molar-refractivity contribution in [1.82, 2.24) is 20.1 Å². The second-order valence-electron chi connectivity index (χ2n) is 13.8. The number of rotatable bonds is 8. The average Bonchev–Trinajstić information content (AvgIpc) is 3.88. The molecule has 1 N–H and O–H groups in total. The molecule has 0 atom stereocenters. The summed E-state index contributed by atoms with van der Waals surface area (Å²) in [5.41, 5.74) is 1.21. The van der Waals surface area contributed by atoms with Gasteiger partial charge in [-0.25, -0.2) is 13.4 Å². The summed E-state index contributed by atoms with van der Waals surface area (Å²) in [6.45, 7) is 4.02. The van der Waals surface area contributed by atoms with Crippen LogP contribution in [0.3, 0.4) is 0 Å². The van der Waals surface area contributed by atoms with Crippen LogP contribution in [0.1, 0.15) is 72.0 Å². The Labute approximate surface area is 285 Å². The lowest BCUT2D eigenvalue weighted by Gasteiger charge is -2.40. The van der Waals surface area contributed by atoms with Gasteiger partial charge in [0.15, 0.2) is 9.84 Å². The fourth-order valence-corrected chi connectivity index (χ4v) is 8.25. The molecule has 0 radical (unpaired) electrons. The third-order valence-corrected chi connectivity index (χ3v) is 11.6. The van der Waals surface area contributed by atoms with Crippen molar-refractivity contribution in [3.05, 3.63) is 95.1 Å². The van der Waals surface area contributed by atoms with Crippen molar-refractivity contribution >= 4 is 26.6 Å². The molecule has 2 aliphatic heterocycles. The molecule has 1 aromatic heterocycles. The Morgan fingerprint density at radius 1 is 0.918 bits per heavy atom. The fraction of sp³-hybridized carbons (Fsp3) is 0.421. The lowest BCUT2D eigenvalue weighted by molar-refractivity contribution is -0.137. The summed E-state index contributed by atoms with van der Waals surface area (Å²) in [5.74, 6) is -0.397. The molecule has 7 nitrogen and oxygen atoms in total. The minimum Gasteiger partial charge on any atom is -0.342 e. The number of nitrogens with one attached hydrogen (secondary N) is 1. The largest absolute Gasteiger partial charge is 0.416 e. The minimum absolute atomic E-state index is 0.0418. The first kappa shape index (κ1) is 33.7. The van der Waals surface area contributed by atoms with Crippen molar-refractivity contribution in [1.29, 1.82) is 0 Å². The molecule has 7 rings (SSSR count). The maximum atomic E-state index is 14.7. The summed E-state index contributed by atoms with van der Waals surface area (Å²) in [7, 11) is -3.64. The van der Waals surface area contributed by atoms with E-state index in [2.05, 4.69) is 15.1 Å². The molecule has 49 heavy (non-hydrogen) atoms. The van der Waals surface area contributed by atoms with Gasteiger partial charge in [0.2, 0.25) is 0 Å². The van der Waals surface area contributed by atoms with E-state index in [9.17, 15) is 26.4 Å². The van der Waals surface area contributed by atoms with Gasteiger partial charge in [-0.1, -0.05) is 48.9 Å². The number of aromatic nitrogens is 1. The third-order valence-electron chi connectivity index (χ3n) is 10.5. The van der Waals surface area contributed by atoms with E-state index in [1.807, 2.05) is 30.3 Å². The van der Waals surface area contributed by atoms with Crippen LogP contribution in [-0.4, -0.2) is 67.6 Å². The fourth-order valence-electron chi connectivity index (χ4n) is 7.60. The number of benzene rings is 3. The summed E-state index contributed by atoms with van der Waals surface area (Å²) in [6.07, 6.45) is 3.61. The van der Waals surface area contributed by atoms with Gasteiger partial charge in [-0.2, -0.15) is 13.2 Å². The number of carbonyl (C=O) groups excluding carboxylic acids is 1. The molecular formula is C38H41F3N4O3S. The van der Waals surface area contributed by atoms with E-state index >= 15 is 0 Å². The first-order valence-electron chi connectivity index (χ1n) is 17.1. The van der Waals surface area contributed by atoms with Crippen LogP contribution in [0, 0.1) is 0 Å². The summed E-state index contributed by atoms with van der Waals surface area (Å²) in [4.78, 5) is 24.4. The molecule has 258 valence electrons. The van der Waals surface area contributed by atoms with Crippen LogP contribution in [0.25, 0.3) is 22.2 Å². The van der Waals surface area contributed by atoms with Gasteiger partial charge < -0.3 is 10.2 Å². The van der Waals surface area contributed by atoms with Crippen molar-refractivity contribution < 1.29 is 26.4 Å². The number of hydrogen-bond donors (Lipinski definition) is 1. The molecule has 3 heterocycles. The first-order chi connectivity index (χ1) is 23.4. The highest BCUT2D eigenvalue weighted by atomic mass is 32.2. The molecule has 3 aromatic carbocycles. The summed E-state index contributed by atoms with van der Waals surface area (Å²) < 4.78 is 67.3. The smallest absolute Gasteiger partial charge is 0.342 e. The Morgan fingerprint density at radius 2 is 1.63 bits per heavy atom. The standard InChI is InChI=1S/C38H41F3N4O3S/c1-49(47,48)30-13-14-33-31(24-30)34(36(46)43-37(17-18-37)27-10-4-2-5-11-27)32(35(42-33)26-9-8-12-28(23-26)38(39,40)41)25-44-21-15-29(16-22-44)45-19-6-3-7-20-45/h2,4-5,8-14,23-24,29H,3,6-7,15-22,25H2,1H3,(H,43,46). The molecule has 1 aliphatic carbocycles. The Hall–Kier alpha value is -3.80. The van der Waals surface area contributed by atoms with E-state index < -0.39 is 33.0 Å². The molecule has 0 spiro atoms. The molecule has 3 aliphatic rings. The SMILES string of the molecule is CS(=O)(=O)c1ccc2nc(-c3cccc(C(F)(F)F)c3)c(CN3CCC(N4CCCCC4)CC3)c(C(=O)NC3(c4ccccc4)CC3)c2c1. The lowest BCUT2D eigenvalue weighted by atomic mass is 9.93. The number of pyridine rings is 1. The number of alkyl halides is 3. The van der Waals surface area contributed by atoms with E-state index in [1.54, 1.807) is 6.07 Å². The molecule has 0 bridgehead atoms.